The molecule has 0 aliphatic carbocycles. The van der Waals surface area contributed by atoms with Crippen molar-refractivity contribution in [3.63, 3.8) is 0 Å². The van der Waals surface area contributed by atoms with Crippen LogP contribution in [0.2, 0.25) is 0 Å². The Bertz CT molecular complexity index is 634. The van der Waals surface area contributed by atoms with Gasteiger partial charge in [0, 0.05) is 31.7 Å². The summed E-state index contributed by atoms with van der Waals surface area (Å²) in [4.78, 5) is 14.2. The third kappa shape index (κ3) is 5.37. The summed E-state index contributed by atoms with van der Waals surface area (Å²) in [6.45, 7) is 6.77. The third-order valence-corrected chi connectivity index (χ3v) is 4.11. The first-order chi connectivity index (χ1) is 11.6. The second-order valence-electron chi connectivity index (χ2n) is 5.74. The Labute approximate surface area is 143 Å². The number of benzene rings is 2. The van der Waals surface area contributed by atoms with E-state index in [0.717, 1.165) is 24.2 Å². The largest absolute Gasteiger partial charge is 0.372 e. The molecule has 4 heteroatoms. The molecule has 1 amide bonds. The maximum absolute atomic E-state index is 12.8. The molecule has 24 heavy (non-hydrogen) atoms. The summed E-state index contributed by atoms with van der Waals surface area (Å²) in [5, 5.41) is 2.93. The van der Waals surface area contributed by atoms with E-state index in [-0.39, 0.29) is 11.7 Å². The van der Waals surface area contributed by atoms with Crippen LogP contribution in [0.1, 0.15) is 31.4 Å². The van der Waals surface area contributed by atoms with E-state index in [1.807, 2.05) is 12.1 Å². The predicted molar refractivity (Wildman–Crippen MR) is 96.6 cm³/mol. The zero-order valence-corrected chi connectivity index (χ0v) is 14.4. The van der Waals surface area contributed by atoms with Crippen LogP contribution in [0.15, 0.2) is 48.5 Å². The Morgan fingerprint density at radius 2 is 1.54 bits per heavy atom. The van der Waals surface area contributed by atoms with Crippen molar-refractivity contribution in [1.82, 2.24) is 5.32 Å². The number of halogens is 1. The maximum atomic E-state index is 12.8. The van der Waals surface area contributed by atoms with Crippen LogP contribution in [-0.4, -0.2) is 19.0 Å². The van der Waals surface area contributed by atoms with Gasteiger partial charge in [0.15, 0.2) is 0 Å². The molecule has 2 rings (SSSR count). The highest BCUT2D eigenvalue weighted by atomic mass is 19.1. The van der Waals surface area contributed by atoms with E-state index in [2.05, 4.69) is 36.2 Å². The molecule has 1 N–H and O–H groups in total. The van der Waals surface area contributed by atoms with Crippen molar-refractivity contribution in [3.05, 3.63) is 65.5 Å². The number of aryl methyl sites for hydroxylation is 1. The van der Waals surface area contributed by atoms with Crippen molar-refractivity contribution < 1.29 is 9.18 Å². The number of hydrogen-bond acceptors (Lipinski definition) is 2. The molecule has 0 aromatic heterocycles. The molecular formula is C20H25FN2O. The normalized spacial score (nSPS) is 10.5. The van der Waals surface area contributed by atoms with Gasteiger partial charge in [-0.25, -0.2) is 4.39 Å². The summed E-state index contributed by atoms with van der Waals surface area (Å²) in [7, 11) is 0. The highest BCUT2D eigenvalue weighted by molar-refractivity contribution is 5.76. The Morgan fingerprint density at radius 1 is 0.958 bits per heavy atom. The highest BCUT2D eigenvalue weighted by Gasteiger charge is 2.04. The average Bonchev–Trinajstić information content (AvgIpc) is 2.61. The standard InChI is InChI=1S/C20H25FN2O/c1-3-23(4-2)19-12-7-17(8-13-19)15-22-20(24)14-9-16-5-10-18(21)11-6-16/h5-8,10-13H,3-4,9,14-15H2,1-2H3,(H,22,24). The molecule has 0 radical (unpaired) electrons. The molecule has 0 aliphatic heterocycles. The number of nitrogens with zero attached hydrogens (tertiary/aromatic N) is 1. The number of carbonyl (C=O) groups excluding carboxylic acids is 1. The number of amides is 1. The first kappa shape index (κ1) is 18.0. The summed E-state index contributed by atoms with van der Waals surface area (Å²) in [6, 6.07) is 14.6. The molecule has 128 valence electrons. The summed E-state index contributed by atoms with van der Waals surface area (Å²) in [6.07, 6.45) is 1.02. The highest BCUT2D eigenvalue weighted by Crippen LogP contribution is 2.14. The van der Waals surface area contributed by atoms with Crippen LogP contribution in [0.5, 0.6) is 0 Å². The van der Waals surface area contributed by atoms with Crippen molar-refractivity contribution in [2.75, 3.05) is 18.0 Å². The molecule has 0 fully saturated rings. The Kier molecular flexibility index (Phi) is 6.79. The predicted octanol–water partition coefficient (Wildman–Crippen LogP) is 3.92. The summed E-state index contributed by atoms with van der Waals surface area (Å²) >= 11 is 0. The van der Waals surface area contributed by atoms with Gasteiger partial charge in [-0.1, -0.05) is 24.3 Å². The van der Waals surface area contributed by atoms with Gasteiger partial charge in [-0.3, -0.25) is 4.79 Å². The van der Waals surface area contributed by atoms with Crippen molar-refractivity contribution in [2.45, 2.75) is 33.2 Å². The van der Waals surface area contributed by atoms with Crippen molar-refractivity contribution in [3.8, 4) is 0 Å². The van der Waals surface area contributed by atoms with E-state index in [0.29, 0.717) is 19.4 Å². The lowest BCUT2D eigenvalue weighted by Crippen LogP contribution is -2.23. The number of hydrogen-bond donors (Lipinski definition) is 1. The SMILES string of the molecule is CCN(CC)c1ccc(CNC(=O)CCc2ccc(F)cc2)cc1. The van der Waals surface area contributed by atoms with Crippen molar-refractivity contribution in [2.24, 2.45) is 0 Å². The van der Waals surface area contributed by atoms with E-state index < -0.39 is 0 Å². The number of carbonyl (C=O) groups is 1. The number of anilines is 1. The Hall–Kier alpha value is -2.36. The third-order valence-electron chi connectivity index (χ3n) is 4.11. The first-order valence-electron chi connectivity index (χ1n) is 8.47. The smallest absolute Gasteiger partial charge is 0.220 e. The molecule has 3 nitrogen and oxygen atoms in total. The van der Waals surface area contributed by atoms with Crippen LogP contribution < -0.4 is 10.2 Å². The fraction of sp³-hybridized carbons (Fsp3) is 0.350. The van der Waals surface area contributed by atoms with E-state index in [1.54, 1.807) is 12.1 Å². The molecule has 0 unspecified atom stereocenters. The second-order valence-corrected chi connectivity index (χ2v) is 5.74. The fourth-order valence-electron chi connectivity index (χ4n) is 2.61. The molecule has 0 aliphatic rings. The van der Waals surface area contributed by atoms with Crippen LogP contribution in [0.25, 0.3) is 0 Å². The molecule has 0 heterocycles. The summed E-state index contributed by atoms with van der Waals surface area (Å²) in [5.41, 5.74) is 3.25. The lowest BCUT2D eigenvalue weighted by molar-refractivity contribution is -0.121. The Balaban J connectivity index is 1.78. The van der Waals surface area contributed by atoms with Gasteiger partial charge >= 0.3 is 0 Å². The van der Waals surface area contributed by atoms with Gasteiger partial charge in [0.1, 0.15) is 5.82 Å². The van der Waals surface area contributed by atoms with Crippen LogP contribution in [0.3, 0.4) is 0 Å². The average molecular weight is 328 g/mol. The van der Waals surface area contributed by atoms with Gasteiger partial charge in [-0.05, 0) is 55.7 Å². The molecule has 2 aromatic carbocycles. The lowest BCUT2D eigenvalue weighted by Gasteiger charge is -2.21. The van der Waals surface area contributed by atoms with Crippen LogP contribution in [0, 0.1) is 5.82 Å². The van der Waals surface area contributed by atoms with Gasteiger partial charge in [0.25, 0.3) is 0 Å². The van der Waals surface area contributed by atoms with E-state index in [4.69, 9.17) is 0 Å². The number of rotatable bonds is 8. The molecule has 0 saturated carbocycles. The molecular weight excluding hydrogens is 303 g/mol. The molecule has 0 atom stereocenters. The summed E-state index contributed by atoms with van der Waals surface area (Å²) in [5.74, 6) is -0.247. The Morgan fingerprint density at radius 3 is 2.12 bits per heavy atom. The first-order valence-corrected chi connectivity index (χ1v) is 8.47. The van der Waals surface area contributed by atoms with Gasteiger partial charge in [0.2, 0.25) is 5.91 Å². The monoisotopic (exact) mass is 328 g/mol. The van der Waals surface area contributed by atoms with Crippen LogP contribution in [0.4, 0.5) is 10.1 Å². The minimum atomic E-state index is -0.253. The van der Waals surface area contributed by atoms with Gasteiger partial charge in [-0.2, -0.15) is 0 Å². The number of nitrogens with one attached hydrogen (secondary N) is 1. The van der Waals surface area contributed by atoms with Gasteiger partial charge in [0.05, 0.1) is 0 Å². The van der Waals surface area contributed by atoms with Crippen molar-refractivity contribution >= 4 is 11.6 Å². The zero-order chi connectivity index (χ0) is 17.4. The van der Waals surface area contributed by atoms with E-state index >= 15 is 0 Å². The minimum absolute atomic E-state index is 0.00662. The van der Waals surface area contributed by atoms with Gasteiger partial charge in [-0.15, -0.1) is 0 Å². The molecule has 2 aromatic rings. The quantitative estimate of drug-likeness (QED) is 0.796. The molecule has 0 spiro atoms. The molecule has 0 saturated heterocycles. The van der Waals surface area contributed by atoms with Crippen LogP contribution in [-0.2, 0) is 17.8 Å². The molecule has 0 bridgehead atoms. The van der Waals surface area contributed by atoms with Crippen LogP contribution >= 0.6 is 0 Å². The lowest BCUT2D eigenvalue weighted by atomic mass is 10.1. The zero-order valence-electron chi connectivity index (χ0n) is 14.4. The fourth-order valence-corrected chi connectivity index (χ4v) is 2.61. The van der Waals surface area contributed by atoms with E-state index in [1.165, 1.54) is 17.8 Å². The van der Waals surface area contributed by atoms with E-state index in [9.17, 15) is 9.18 Å². The van der Waals surface area contributed by atoms with Gasteiger partial charge < -0.3 is 10.2 Å². The topological polar surface area (TPSA) is 32.3 Å². The van der Waals surface area contributed by atoms with Crippen molar-refractivity contribution in [1.29, 1.82) is 0 Å². The maximum Gasteiger partial charge on any atom is 0.220 e. The summed E-state index contributed by atoms with van der Waals surface area (Å²) < 4.78 is 12.8. The minimum Gasteiger partial charge on any atom is -0.372 e. The second kappa shape index (κ2) is 9.06.